The molecule has 2 atom stereocenters. The van der Waals surface area contributed by atoms with Gasteiger partial charge in [0.25, 0.3) is 0 Å². The summed E-state index contributed by atoms with van der Waals surface area (Å²) in [6.07, 6.45) is 6.69. The summed E-state index contributed by atoms with van der Waals surface area (Å²) in [7, 11) is 0. The maximum atomic E-state index is 6.14. The molecule has 2 fully saturated rings. The smallest absolute Gasteiger partial charge is 0.145 e. The Balaban J connectivity index is 1.66. The van der Waals surface area contributed by atoms with Gasteiger partial charge in [-0.05, 0) is 38.3 Å². The molecule has 0 aromatic carbocycles. The number of nitrogens with two attached hydrogens (primary N) is 1. The van der Waals surface area contributed by atoms with Gasteiger partial charge < -0.3 is 16.0 Å². The number of halogens is 1. The van der Waals surface area contributed by atoms with Crippen LogP contribution < -0.4 is 11.1 Å². The lowest BCUT2D eigenvalue weighted by Gasteiger charge is -2.35. The molecule has 0 aliphatic carbocycles. The largest absolute Gasteiger partial charge is 0.397 e. The van der Waals surface area contributed by atoms with E-state index in [0.29, 0.717) is 16.8 Å². The number of piperidine rings is 1. The second-order valence-corrected chi connectivity index (χ2v) is 5.70. The Morgan fingerprint density at radius 3 is 3.11 bits per heavy atom. The van der Waals surface area contributed by atoms with Gasteiger partial charge in [0.2, 0.25) is 0 Å². The Kier molecular flexibility index (Phi) is 3.31. The highest BCUT2D eigenvalue weighted by molar-refractivity contribution is 6.33. The summed E-state index contributed by atoms with van der Waals surface area (Å²) in [5, 5.41) is 4.08. The van der Waals surface area contributed by atoms with Gasteiger partial charge in [-0.25, -0.2) is 4.98 Å². The van der Waals surface area contributed by atoms with Crippen LogP contribution in [0.4, 0.5) is 11.5 Å². The van der Waals surface area contributed by atoms with E-state index in [4.69, 9.17) is 17.3 Å². The quantitative estimate of drug-likeness (QED) is 0.863. The number of hydrogen-bond donors (Lipinski definition) is 2. The predicted octanol–water partition coefficient (Wildman–Crippen LogP) is 2.36. The molecule has 0 amide bonds. The van der Waals surface area contributed by atoms with Gasteiger partial charge in [0.15, 0.2) is 0 Å². The number of aromatic nitrogens is 1. The summed E-state index contributed by atoms with van der Waals surface area (Å²) in [6, 6.07) is 2.99. The molecule has 0 spiro atoms. The lowest BCUT2D eigenvalue weighted by Crippen LogP contribution is -2.42. The molecule has 0 saturated carbocycles. The highest BCUT2D eigenvalue weighted by atomic mass is 35.5. The van der Waals surface area contributed by atoms with E-state index in [1.54, 1.807) is 12.3 Å². The van der Waals surface area contributed by atoms with Crippen molar-refractivity contribution in [3.63, 3.8) is 0 Å². The van der Waals surface area contributed by atoms with E-state index < -0.39 is 0 Å². The summed E-state index contributed by atoms with van der Waals surface area (Å²) >= 11 is 6.14. The molecule has 98 valence electrons. The van der Waals surface area contributed by atoms with E-state index in [2.05, 4.69) is 15.2 Å². The third-order valence-electron chi connectivity index (χ3n) is 4.02. The Labute approximate surface area is 113 Å². The first-order valence-electron chi connectivity index (χ1n) is 6.64. The minimum absolute atomic E-state index is 0.484. The number of nitrogen functional groups attached to an aromatic ring is 1. The van der Waals surface area contributed by atoms with E-state index in [1.165, 1.54) is 38.8 Å². The lowest BCUT2D eigenvalue weighted by atomic mass is 9.97. The molecule has 0 bridgehead atoms. The third-order valence-corrected chi connectivity index (χ3v) is 4.31. The number of nitrogens with zero attached hydrogens (tertiary/aromatic N) is 2. The van der Waals surface area contributed by atoms with Crippen molar-refractivity contribution in [3.8, 4) is 0 Å². The van der Waals surface area contributed by atoms with Gasteiger partial charge in [0.05, 0.1) is 16.9 Å². The highest BCUT2D eigenvalue weighted by Gasteiger charge is 2.31. The van der Waals surface area contributed by atoms with Gasteiger partial charge in [-0.3, -0.25) is 0 Å². The second kappa shape index (κ2) is 4.94. The third kappa shape index (κ3) is 2.40. The van der Waals surface area contributed by atoms with E-state index >= 15 is 0 Å². The molecule has 3 rings (SSSR count). The van der Waals surface area contributed by atoms with Crippen LogP contribution in [0.5, 0.6) is 0 Å². The molecule has 1 aromatic heterocycles. The zero-order chi connectivity index (χ0) is 12.5. The summed E-state index contributed by atoms with van der Waals surface area (Å²) in [5.74, 6) is 0.766. The summed E-state index contributed by atoms with van der Waals surface area (Å²) in [4.78, 5) is 6.88. The van der Waals surface area contributed by atoms with Crippen molar-refractivity contribution in [2.45, 2.75) is 37.8 Å². The van der Waals surface area contributed by atoms with Gasteiger partial charge in [0, 0.05) is 18.6 Å². The predicted molar refractivity (Wildman–Crippen MR) is 74.9 cm³/mol. The highest BCUT2D eigenvalue weighted by Crippen LogP contribution is 2.30. The summed E-state index contributed by atoms with van der Waals surface area (Å²) < 4.78 is 0. The fourth-order valence-corrected chi connectivity index (χ4v) is 3.34. The van der Waals surface area contributed by atoms with Crippen molar-refractivity contribution in [2.24, 2.45) is 0 Å². The molecule has 2 unspecified atom stereocenters. The van der Waals surface area contributed by atoms with Crippen LogP contribution in [0.3, 0.4) is 0 Å². The first-order valence-corrected chi connectivity index (χ1v) is 7.02. The standard InChI is InChI=1S/C13H19ClN4/c14-12-6-9(15)8-16-13(12)17-10-3-5-18-4-1-2-11(18)7-10/h6,8,10-11H,1-5,7,15H2,(H,16,17). The van der Waals surface area contributed by atoms with Crippen molar-refractivity contribution < 1.29 is 0 Å². The Hall–Kier alpha value is -1.00. The molecule has 0 radical (unpaired) electrons. The van der Waals surface area contributed by atoms with Crippen LogP contribution in [0, 0.1) is 0 Å². The monoisotopic (exact) mass is 266 g/mol. The maximum absolute atomic E-state index is 6.14. The Bertz CT molecular complexity index is 437. The molecule has 3 N–H and O–H groups in total. The molecule has 3 heterocycles. The van der Waals surface area contributed by atoms with E-state index in [-0.39, 0.29) is 0 Å². The molecule has 2 aliphatic rings. The SMILES string of the molecule is Nc1cnc(NC2CCN3CCCC3C2)c(Cl)c1. The number of anilines is 2. The van der Waals surface area contributed by atoms with Gasteiger partial charge in [-0.1, -0.05) is 11.6 Å². The van der Waals surface area contributed by atoms with Gasteiger partial charge in [0.1, 0.15) is 5.82 Å². The van der Waals surface area contributed by atoms with Crippen molar-refractivity contribution >= 4 is 23.1 Å². The van der Waals surface area contributed by atoms with E-state index in [0.717, 1.165) is 11.9 Å². The number of nitrogens with one attached hydrogen (secondary N) is 1. The molecule has 2 saturated heterocycles. The maximum Gasteiger partial charge on any atom is 0.145 e. The van der Waals surface area contributed by atoms with Crippen LogP contribution >= 0.6 is 11.6 Å². The Morgan fingerprint density at radius 1 is 1.39 bits per heavy atom. The molecular formula is C13H19ClN4. The average Bonchev–Trinajstić information content (AvgIpc) is 2.80. The number of hydrogen-bond acceptors (Lipinski definition) is 4. The normalized spacial score (nSPS) is 28.1. The minimum atomic E-state index is 0.484. The van der Waals surface area contributed by atoms with Crippen molar-refractivity contribution in [3.05, 3.63) is 17.3 Å². The zero-order valence-electron chi connectivity index (χ0n) is 10.4. The second-order valence-electron chi connectivity index (χ2n) is 5.30. The van der Waals surface area contributed by atoms with Crippen LogP contribution in [0.1, 0.15) is 25.7 Å². The topological polar surface area (TPSA) is 54.2 Å². The molecule has 5 heteroatoms. The fraction of sp³-hybridized carbons (Fsp3) is 0.615. The number of fused-ring (bicyclic) bond motifs is 1. The lowest BCUT2D eigenvalue weighted by molar-refractivity contribution is 0.188. The average molecular weight is 267 g/mol. The van der Waals surface area contributed by atoms with Gasteiger partial charge >= 0.3 is 0 Å². The molecule has 18 heavy (non-hydrogen) atoms. The van der Waals surface area contributed by atoms with Gasteiger partial charge in [-0.15, -0.1) is 0 Å². The van der Waals surface area contributed by atoms with Crippen molar-refractivity contribution in [2.75, 3.05) is 24.1 Å². The summed E-state index contributed by atoms with van der Waals surface area (Å²) in [6.45, 7) is 2.47. The van der Waals surface area contributed by atoms with Crippen molar-refractivity contribution in [1.82, 2.24) is 9.88 Å². The molecule has 1 aromatic rings. The van der Waals surface area contributed by atoms with Gasteiger partial charge in [-0.2, -0.15) is 0 Å². The van der Waals surface area contributed by atoms with Crippen molar-refractivity contribution in [1.29, 1.82) is 0 Å². The molecular weight excluding hydrogens is 248 g/mol. The van der Waals surface area contributed by atoms with Crippen LogP contribution in [-0.2, 0) is 0 Å². The zero-order valence-corrected chi connectivity index (χ0v) is 11.2. The first kappa shape index (κ1) is 12.1. The van der Waals surface area contributed by atoms with Crippen LogP contribution in [0.2, 0.25) is 5.02 Å². The van der Waals surface area contributed by atoms with Crippen LogP contribution in [-0.4, -0.2) is 35.1 Å². The molecule has 2 aliphatic heterocycles. The molecule has 4 nitrogen and oxygen atoms in total. The van der Waals surface area contributed by atoms with Crippen LogP contribution in [0.25, 0.3) is 0 Å². The first-order chi connectivity index (χ1) is 8.72. The summed E-state index contributed by atoms with van der Waals surface area (Å²) in [5.41, 5.74) is 6.26. The number of rotatable bonds is 2. The van der Waals surface area contributed by atoms with E-state index in [1.807, 2.05) is 0 Å². The van der Waals surface area contributed by atoms with E-state index in [9.17, 15) is 0 Å². The Morgan fingerprint density at radius 2 is 2.28 bits per heavy atom. The fourth-order valence-electron chi connectivity index (χ4n) is 3.11. The minimum Gasteiger partial charge on any atom is -0.397 e. The van der Waals surface area contributed by atoms with Crippen LogP contribution in [0.15, 0.2) is 12.3 Å². The number of pyridine rings is 1.